The van der Waals surface area contributed by atoms with E-state index in [2.05, 4.69) is 26.7 Å². The molecule has 3 heterocycles. The van der Waals surface area contributed by atoms with Gasteiger partial charge in [-0.3, -0.25) is 9.78 Å². The van der Waals surface area contributed by atoms with Gasteiger partial charge in [-0.05, 0) is 41.8 Å². The first-order chi connectivity index (χ1) is 15.1. The second kappa shape index (κ2) is 7.67. The molecule has 31 heavy (non-hydrogen) atoms. The number of hydrogen-bond acceptors (Lipinski definition) is 3. The standard InChI is InChI=1S/C25H21ClN4O/c1-29(20-11-14-27-15-12-20)23(31)10-13-25(18-6-8-19(26)9-7-18)22-5-3-2-4-21(22)24-28-16-17-30(24)25/h2-9,11-12,14-17H,10,13H2,1H3. The van der Waals surface area contributed by atoms with Crippen LogP contribution in [0.2, 0.25) is 5.02 Å². The SMILES string of the molecule is CN(C(=O)CCC1(c2ccc(Cl)cc2)c2ccccc2-c2nccn21)c1ccncc1. The van der Waals surface area contributed by atoms with Crippen molar-refractivity contribution in [3.8, 4) is 11.4 Å². The Balaban J connectivity index is 1.57. The summed E-state index contributed by atoms with van der Waals surface area (Å²) in [6.45, 7) is 0. The smallest absolute Gasteiger partial charge is 0.226 e. The largest absolute Gasteiger partial charge is 0.317 e. The summed E-state index contributed by atoms with van der Waals surface area (Å²) in [5.74, 6) is 0.964. The van der Waals surface area contributed by atoms with E-state index in [-0.39, 0.29) is 5.91 Å². The number of anilines is 1. The Kier molecular flexibility index (Phi) is 4.83. The number of nitrogens with zero attached hydrogens (tertiary/aromatic N) is 4. The van der Waals surface area contributed by atoms with E-state index in [1.54, 1.807) is 24.3 Å². The van der Waals surface area contributed by atoms with Crippen molar-refractivity contribution < 1.29 is 4.79 Å². The topological polar surface area (TPSA) is 51.0 Å². The first kappa shape index (κ1) is 19.5. The molecule has 1 amide bonds. The van der Waals surface area contributed by atoms with Crippen LogP contribution in [-0.4, -0.2) is 27.5 Å². The Morgan fingerprint density at radius 1 is 1.03 bits per heavy atom. The van der Waals surface area contributed by atoms with E-state index in [0.29, 0.717) is 17.9 Å². The zero-order valence-corrected chi connectivity index (χ0v) is 17.8. The molecule has 0 saturated carbocycles. The summed E-state index contributed by atoms with van der Waals surface area (Å²) in [6.07, 6.45) is 8.18. The van der Waals surface area contributed by atoms with Crippen molar-refractivity contribution >= 4 is 23.2 Å². The third-order valence-electron chi connectivity index (χ3n) is 6.11. The number of halogens is 1. The van der Waals surface area contributed by atoms with E-state index in [1.807, 2.05) is 60.9 Å². The van der Waals surface area contributed by atoms with Crippen molar-refractivity contribution in [1.82, 2.24) is 14.5 Å². The van der Waals surface area contributed by atoms with Crippen LogP contribution in [-0.2, 0) is 10.3 Å². The van der Waals surface area contributed by atoms with Gasteiger partial charge in [0.1, 0.15) is 5.82 Å². The quantitative estimate of drug-likeness (QED) is 0.442. The molecule has 1 aliphatic heterocycles. The Labute approximate surface area is 186 Å². The maximum Gasteiger partial charge on any atom is 0.226 e. The molecule has 5 rings (SSSR count). The van der Waals surface area contributed by atoms with E-state index in [1.165, 1.54) is 0 Å². The van der Waals surface area contributed by atoms with Gasteiger partial charge < -0.3 is 9.47 Å². The number of imidazole rings is 1. The number of pyridine rings is 1. The highest BCUT2D eigenvalue weighted by Gasteiger charge is 2.44. The minimum Gasteiger partial charge on any atom is -0.317 e. The van der Waals surface area contributed by atoms with Crippen molar-refractivity contribution in [3.05, 3.63) is 102 Å². The minimum absolute atomic E-state index is 0.0468. The van der Waals surface area contributed by atoms with Gasteiger partial charge >= 0.3 is 0 Å². The third kappa shape index (κ3) is 3.13. The predicted molar refractivity (Wildman–Crippen MR) is 122 cm³/mol. The van der Waals surface area contributed by atoms with Gasteiger partial charge in [0, 0.05) is 54.5 Å². The second-order valence-electron chi connectivity index (χ2n) is 7.69. The summed E-state index contributed by atoms with van der Waals surface area (Å²) in [5, 5.41) is 0.685. The summed E-state index contributed by atoms with van der Waals surface area (Å²) in [7, 11) is 1.80. The van der Waals surface area contributed by atoms with E-state index in [0.717, 1.165) is 28.2 Å². The zero-order chi connectivity index (χ0) is 21.4. The van der Waals surface area contributed by atoms with Gasteiger partial charge in [0.05, 0.1) is 5.54 Å². The second-order valence-corrected chi connectivity index (χ2v) is 8.13. The summed E-state index contributed by atoms with van der Waals surface area (Å²) >= 11 is 6.19. The summed E-state index contributed by atoms with van der Waals surface area (Å²) < 4.78 is 2.20. The van der Waals surface area contributed by atoms with Crippen molar-refractivity contribution in [3.63, 3.8) is 0 Å². The van der Waals surface area contributed by atoms with E-state index in [4.69, 9.17) is 11.6 Å². The molecule has 0 N–H and O–H groups in total. The summed E-state index contributed by atoms with van der Waals surface area (Å²) in [4.78, 5) is 23.5. The van der Waals surface area contributed by atoms with Gasteiger partial charge in [-0.25, -0.2) is 4.98 Å². The molecular formula is C25H21ClN4O. The minimum atomic E-state index is -0.526. The average Bonchev–Trinajstić information content (AvgIpc) is 3.39. The maximum absolute atomic E-state index is 13.1. The molecule has 154 valence electrons. The lowest BCUT2D eigenvalue weighted by Gasteiger charge is -2.34. The molecule has 0 aliphatic carbocycles. The number of carbonyl (C=O) groups excluding carboxylic acids is 1. The number of benzene rings is 2. The van der Waals surface area contributed by atoms with Crippen molar-refractivity contribution in [2.45, 2.75) is 18.4 Å². The fourth-order valence-corrected chi connectivity index (χ4v) is 4.69. The monoisotopic (exact) mass is 428 g/mol. The molecule has 1 atom stereocenters. The van der Waals surface area contributed by atoms with Crippen LogP contribution in [0, 0.1) is 0 Å². The predicted octanol–water partition coefficient (Wildman–Crippen LogP) is 5.15. The molecule has 0 saturated heterocycles. The highest BCUT2D eigenvalue weighted by molar-refractivity contribution is 6.30. The molecule has 4 aromatic rings. The lowest BCUT2D eigenvalue weighted by Crippen LogP contribution is -2.36. The van der Waals surface area contributed by atoms with E-state index < -0.39 is 5.54 Å². The number of fused-ring (bicyclic) bond motifs is 3. The van der Waals surface area contributed by atoms with Gasteiger partial charge in [-0.1, -0.05) is 48.0 Å². The first-order valence-electron chi connectivity index (χ1n) is 10.2. The number of hydrogen-bond donors (Lipinski definition) is 0. The van der Waals surface area contributed by atoms with E-state index >= 15 is 0 Å². The lowest BCUT2D eigenvalue weighted by molar-refractivity contribution is -0.118. The van der Waals surface area contributed by atoms with Gasteiger partial charge in [0.15, 0.2) is 0 Å². The average molecular weight is 429 g/mol. The zero-order valence-electron chi connectivity index (χ0n) is 17.1. The van der Waals surface area contributed by atoms with Crippen molar-refractivity contribution in [2.75, 3.05) is 11.9 Å². The number of amides is 1. The van der Waals surface area contributed by atoms with Gasteiger partial charge in [0.25, 0.3) is 0 Å². The van der Waals surface area contributed by atoms with E-state index in [9.17, 15) is 4.79 Å². The fraction of sp³-hybridized carbons (Fsp3) is 0.160. The van der Waals surface area contributed by atoms with Crippen LogP contribution in [0.1, 0.15) is 24.0 Å². The summed E-state index contributed by atoms with van der Waals surface area (Å²) in [5.41, 5.74) is 3.63. The third-order valence-corrected chi connectivity index (χ3v) is 6.36. The number of aromatic nitrogens is 3. The first-order valence-corrected chi connectivity index (χ1v) is 10.6. The molecule has 1 aliphatic rings. The maximum atomic E-state index is 13.1. The van der Waals surface area contributed by atoms with Crippen molar-refractivity contribution in [2.24, 2.45) is 0 Å². The fourth-order valence-electron chi connectivity index (χ4n) is 4.57. The highest BCUT2D eigenvalue weighted by atomic mass is 35.5. The molecule has 0 bridgehead atoms. The van der Waals surface area contributed by atoms with Crippen LogP contribution in [0.5, 0.6) is 0 Å². The number of rotatable bonds is 5. The molecule has 1 unspecified atom stereocenters. The van der Waals surface area contributed by atoms with Crippen LogP contribution >= 0.6 is 11.6 Å². The van der Waals surface area contributed by atoms with Crippen LogP contribution in [0.25, 0.3) is 11.4 Å². The molecule has 0 radical (unpaired) electrons. The Bertz CT molecular complexity index is 1240. The van der Waals surface area contributed by atoms with Gasteiger partial charge in [-0.2, -0.15) is 0 Å². The van der Waals surface area contributed by atoms with Gasteiger partial charge in [0.2, 0.25) is 5.91 Å². The molecule has 0 fully saturated rings. The lowest BCUT2D eigenvalue weighted by atomic mass is 9.79. The normalized spacial score (nSPS) is 16.6. The van der Waals surface area contributed by atoms with Crippen LogP contribution < -0.4 is 4.90 Å². The summed E-state index contributed by atoms with van der Waals surface area (Å²) in [6, 6.07) is 19.9. The van der Waals surface area contributed by atoms with Gasteiger partial charge in [-0.15, -0.1) is 0 Å². The Morgan fingerprint density at radius 2 is 1.77 bits per heavy atom. The molecule has 5 nitrogen and oxygen atoms in total. The van der Waals surface area contributed by atoms with Crippen LogP contribution in [0.15, 0.2) is 85.5 Å². The van der Waals surface area contributed by atoms with Crippen molar-refractivity contribution in [1.29, 1.82) is 0 Å². The Morgan fingerprint density at radius 3 is 2.55 bits per heavy atom. The molecule has 2 aromatic heterocycles. The van der Waals surface area contributed by atoms with Crippen LogP contribution in [0.4, 0.5) is 5.69 Å². The number of carbonyl (C=O) groups is 1. The molecule has 0 spiro atoms. The Hall–Kier alpha value is -3.44. The highest BCUT2D eigenvalue weighted by Crippen LogP contribution is 2.49. The molecular weight excluding hydrogens is 408 g/mol. The van der Waals surface area contributed by atoms with Crippen LogP contribution in [0.3, 0.4) is 0 Å². The molecule has 2 aromatic carbocycles. The molecule has 6 heteroatoms.